The van der Waals surface area contributed by atoms with Crippen molar-refractivity contribution in [1.82, 2.24) is 4.90 Å². The minimum Gasteiger partial charge on any atom is -0.492 e. The van der Waals surface area contributed by atoms with Gasteiger partial charge in [-0.3, -0.25) is 9.59 Å². The fourth-order valence-electron chi connectivity index (χ4n) is 4.98. The van der Waals surface area contributed by atoms with E-state index < -0.39 is 12.0 Å². The Morgan fingerprint density at radius 3 is 2.14 bits per heavy atom. The van der Waals surface area contributed by atoms with Gasteiger partial charge in [-0.25, -0.2) is 4.79 Å². The van der Waals surface area contributed by atoms with E-state index in [-0.39, 0.29) is 18.1 Å². The van der Waals surface area contributed by atoms with Gasteiger partial charge in [0.1, 0.15) is 18.4 Å². The van der Waals surface area contributed by atoms with Crippen molar-refractivity contribution in [3.05, 3.63) is 131 Å². The second-order valence-corrected chi connectivity index (χ2v) is 10.9. The van der Waals surface area contributed by atoms with Crippen molar-refractivity contribution >= 4 is 23.3 Å². The van der Waals surface area contributed by atoms with Crippen molar-refractivity contribution in [2.75, 3.05) is 25.0 Å². The molecule has 0 saturated heterocycles. The quantitative estimate of drug-likeness (QED) is 0.172. The number of carbonyl (C=O) groups is 3. The number of para-hydroxylation sites is 1. The van der Waals surface area contributed by atoms with Gasteiger partial charge in [-0.15, -0.1) is 0 Å². The van der Waals surface area contributed by atoms with Crippen LogP contribution in [0.15, 0.2) is 109 Å². The number of nitrogens with one attached hydrogen (secondary N) is 1. The van der Waals surface area contributed by atoms with E-state index in [2.05, 4.69) is 5.32 Å². The fraction of sp³-hybridized carbons (Fsp3) is 0.250. The van der Waals surface area contributed by atoms with Gasteiger partial charge in [0.25, 0.3) is 0 Å². The summed E-state index contributed by atoms with van der Waals surface area (Å²) in [6.45, 7) is 1.64. The minimum atomic E-state index is -1.02. The van der Waals surface area contributed by atoms with Crippen LogP contribution in [0.25, 0.3) is 0 Å². The van der Waals surface area contributed by atoms with Crippen molar-refractivity contribution in [2.45, 2.75) is 31.7 Å². The summed E-state index contributed by atoms with van der Waals surface area (Å²) in [7, 11) is 0. The number of ether oxygens (including phenoxy) is 1. The van der Waals surface area contributed by atoms with E-state index in [0.717, 1.165) is 17.7 Å². The summed E-state index contributed by atoms with van der Waals surface area (Å²) in [5, 5.41) is 13.0. The lowest BCUT2D eigenvalue weighted by Crippen LogP contribution is -2.37. The molecule has 1 amide bonds. The van der Waals surface area contributed by atoms with E-state index in [4.69, 9.17) is 4.74 Å². The molecule has 1 aliphatic rings. The van der Waals surface area contributed by atoms with E-state index in [1.54, 1.807) is 48.5 Å². The Labute approximate surface area is 252 Å². The number of carboxylic acid groups (broad SMARTS) is 1. The molecule has 4 aromatic carbocycles. The Kier molecular flexibility index (Phi) is 9.85. The Morgan fingerprint density at radius 2 is 1.47 bits per heavy atom. The highest BCUT2D eigenvalue weighted by atomic mass is 16.5. The monoisotopic (exact) mass is 576 g/mol. The number of ketones is 1. The zero-order valence-electron chi connectivity index (χ0n) is 24.0. The van der Waals surface area contributed by atoms with E-state index in [1.165, 1.54) is 12.8 Å². The molecule has 0 spiro atoms. The molecule has 2 N–H and O–H groups in total. The lowest BCUT2D eigenvalue weighted by atomic mass is 10.00. The summed E-state index contributed by atoms with van der Waals surface area (Å²) >= 11 is 0. The average molecular weight is 577 g/mol. The summed E-state index contributed by atoms with van der Waals surface area (Å²) < 4.78 is 5.96. The fourth-order valence-corrected chi connectivity index (χ4v) is 4.98. The SMILES string of the molecule is O=C(c1ccccc1)c1ccccc1N[C@@H](Cc1ccc(OCCN(CC2CC2)C(=O)Cc2ccccc2)cc1)C(=O)O. The smallest absolute Gasteiger partial charge is 0.326 e. The molecule has 1 saturated carbocycles. The molecule has 0 radical (unpaired) electrons. The van der Waals surface area contributed by atoms with Gasteiger partial charge in [0.2, 0.25) is 5.91 Å². The van der Waals surface area contributed by atoms with Gasteiger partial charge in [-0.2, -0.15) is 0 Å². The molecule has 43 heavy (non-hydrogen) atoms. The number of hydrogen-bond acceptors (Lipinski definition) is 5. The van der Waals surface area contributed by atoms with Gasteiger partial charge >= 0.3 is 5.97 Å². The van der Waals surface area contributed by atoms with Crippen LogP contribution in [-0.4, -0.2) is 53.4 Å². The Bertz CT molecular complexity index is 1520. The molecule has 7 nitrogen and oxygen atoms in total. The van der Waals surface area contributed by atoms with E-state index >= 15 is 0 Å². The molecule has 4 aromatic rings. The summed E-state index contributed by atoms with van der Waals surface area (Å²) in [6, 6.07) is 32.0. The van der Waals surface area contributed by atoms with Crippen molar-refractivity contribution < 1.29 is 24.2 Å². The maximum atomic E-state index is 13.1. The molecule has 0 heterocycles. The Morgan fingerprint density at radius 1 is 0.814 bits per heavy atom. The largest absolute Gasteiger partial charge is 0.492 e. The Hall–Kier alpha value is -4.91. The lowest BCUT2D eigenvalue weighted by Gasteiger charge is -2.23. The number of amides is 1. The van der Waals surface area contributed by atoms with E-state index in [9.17, 15) is 19.5 Å². The summed E-state index contributed by atoms with van der Waals surface area (Å²) in [4.78, 5) is 40.2. The molecule has 7 heteroatoms. The number of nitrogens with zero attached hydrogens (tertiary/aromatic N) is 1. The van der Waals surface area contributed by atoms with Crippen LogP contribution in [0.3, 0.4) is 0 Å². The minimum absolute atomic E-state index is 0.108. The standard InChI is InChI=1S/C36H36N2O5/c39-34(24-26-9-3-1-4-10-26)38(25-28-15-16-28)21-22-43-30-19-17-27(18-20-30)23-33(36(41)42)37-32-14-8-7-13-31(32)35(40)29-11-5-2-6-12-29/h1-14,17-20,28,33,37H,15-16,21-25H2,(H,41,42)/t33-/m0/s1. The van der Waals surface area contributed by atoms with Crippen LogP contribution in [0.1, 0.15) is 39.9 Å². The van der Waals surface area contributed by atoms with Crippen molar-refractivity contribution in [1.29, 1.82) is 0 Å². The molecule has 0 aliphatic heterocycles. The predicted molar refractivity (Wildman–Crippen MR) is 166 cm³/mol. The molecule has 1 aliphatic carbocycles. The van der Waals surface area contributed by atoms with Gasteiger partial charge in [-0.1, -0.05) is 84.9 Å². The molecule has 1 atom stereocenters. The number of aliphatic carboxylic acids is 1. The predicted octanol–water partition coefficient (Wildman–Crippen LogP) is 5.89. The van der Waals surface area contributed by atoms with Crippen molar-refractivity contribution in [3.63, 3.8) is 0 Å². The summed E-state index contributed by atoms with van der Waals surface area (Å²) in [5.74, 6) is 0.156. The normalized spacial score (nSPS) is 13.1. The second-order valence-electron chi connectivity index (χ2n) is 10.9. The van der Waals surface area contributed by atoms with Crippen LogP contribution >= 0.6 is 0 Å². The van der Waals surface area contributed by atoms with E-state index in [0.29, 0.717) is 48.1 Å². The Balaban J connectivity index is 1.17. The number of carboxylic acids is 1. The second kappa shape index (κ2) is 14.3. The van der Waals surface area contributed by atoms with Crippen LogP contribution in [0.5, 0.6) is 5.75 Å². The van der Waals surface area contributed by atoms with Crippen LogP contribution in [0.4, 0.5) is 5.69 Å². The van der Waals surface area contributed by atoms with Crippen molar-refractivity contribution in [3.8, 4) is 5.75 Å². The van der Waals surface area contributed by atoms with Crippen LogP contribution in [0, 0.1) is 5.92 Å². The van der Waals surface area contributed by atoms with Gasteiger partial charge in [0.05, 0.1) is 13.0 Å². The molecule has 0 aromatic heterocycles. The van der Waals surface area contributed by atoms with Gasteiger partial charge < -0.3 is 20.1 Å². The maximum absolute atomic E-state index is 13.1. The molecule has 0 bridgehead atoms. The summed E-state index contributed by atoms with van der Waals surface area (Å²) in [5.41, 5.74) is 3.25. The summed E-state index contributed by atoms with van der Waals surface area (Å²) in [6.07, 6.45) is 2.93. The van der Waals surface area contributed by atoms with Gasteiger partial charge in [0.15, 0.2) is 5.78 Å². The molecule has 5 rings (SSSR count). The topological polar surface area (TPSA) is 95.9 Å². The highest BCUT2D eigenvalue weighted by Gasteiger charge is 2.27. The molecule has 0 unspecified atom stereocenters. The number of anilines is 1. The average Bonchev–Trinajstić information content (AvgIpc) is 3.86. The first-order valence-electron chi connectivity index (χ1n) is 14.7. The van der Waals surface area contributed by atoms with E-state index in [1.807, 2.05) is 65.6 Å². The number of hydrogen-bond donors (Lipinski definition) is 2. The molecule has 220 valence electrons. The maximum Gasteiger partial charge on any atom is 0.326 e. The number of rotatable bonds is 15. The lowest BCUT2D eigenvalue weighted by molar-refractivity contribution is -0.138. The van der Waals surface area contributed by atoms with Crippen LogP contribution < -0.4 is 10.1 Å². The third-order valence-corrected chi connectivity index (χ3v) is 7.55. The van der Waals surface area contributed by atoms with Crippen LogP contribution in [0.2, 0.25) is 0 Å². The van der Waals surface area contributed by atoms with Gasteiger partial charge in [-0.05, 0) is 54.2 Å². The first-order chi connectivity index (χ1) is 21.0. The zero-order valence-corrected chi connectivity index (χ0v) is 24.0. The van der Waals surface area contributed by atoms with Gasteiger partial charge in [0, 0.05) is 29.8 Å². The zero-order chi connectivity index (χ0) is 30.0. The number of carbonyl (C=O) groups excluding carboxylic acids is 2. The number of benzene rings is 4. The molecular formula is C36H36N2O5. The third kappa shape index (κ3) is 8.55. The first kappa shape index (κ1) is 29.6. The molecular weight excluding hydrogens is 540 g/mol. The first-order valence-corrected chi connectivity index (χ1v) is 14.7. The van der Waals surface area contributed by atoms with Crippen molar-refractivity contribution in [2.24, 2.45) is 5.92 Å². The highest BCUT2D eigenvalue weighted by Crippen LogP contribution is 2.30. The highest BCUT2D eigenvalue weighted by molar-refractivity contribution is 6.12. The van der Waals surface area contributed by atoms with Crippen LogP contribution in [-0.2, 0) is 22.4 Å². The molecule has 1 fully saturated rings. The third-order valence-electron chi connectivity index (χ3n) is 7.55.